The number of nitrogens with zero attached hydrogens (tertiary/aromatic N) is 4. The summed E-state index contributed by atoms with van der Waals surface area (Å²) in [7, 11) is 3.50. The lowest BCUT2D eigenvalue weighted by Crippen LogP contribution is -2.31. The van der Waals surface area contributed by atoms with Gasteiger partial charge in [0.1, 0.15) is 0 Å². The van der Waals surface area contributed by atoms with Crippen molar-refractivity contribution in [3.05, 3.63) is 28.3 Å². The van der Waals surface area contributed by atoms with Crippen molar-refractivity contribution >= 4 is 17.1 Å². The summed E-state index contributed by atoms with van der Waals surface area (Å²) in [6.45, 7) is 0. The molecule has 0 aliphatic carbocycles. The number of benzene rings is 1. The van der Waals surface area contributed by atoms with Gasteiger partial charge in [0.15, 0.2) is 5.69 Å². The first-order valence-electron chi connectivity index (χ1n) is 4.07. The minimum Gasteiger partial charge on any atom is -0.258 e. The molecule has 0 aromatic heterocycles. The predicted octanol–water partition coefficient (Wildman–Crippen LogP) is 2.17. The quantitative estimate of drug-likeness (QED) is 0.389. The molecule has 14 heavy (non-hydrogen) atoms. The van der Waals surface area contributed by atoms with Crippen LogP contribution in [-0.2, 0) is 0 Å². The van der Waals surface area contributed by atoms with E-state index in [1.165, 1.54) is 6.07 Å². The molecule has 0 unspecified atom stereocenters. The Bertz CT molecular complexity index is 439. The summed E-state index contributed by atoms with van der Waals surface area (Å²) >= 11 is 0. The number of quaternary nitrogens is 1. The van der Waals surface area contributed by atoms with E-state index in [4.69, 9.17) is 0 Å². The van der Waals surface area contributed by atoms with Gasteiger partial charge in [-0.05, 0) is 6.07 Å². The fourth-order valence-corrected chi connectivity index (χ4v) is 1.51. The largest absolute Gasteiger partial charge is 0.334 e. The van der Waals surface area contributed by atoms with Crippen molar-refractivity contribution in [1.29, 1.82) is 0 Å². The molecule has 0 bridgehead atoms. The third-order valence-electron chi connectivity index (χ3n) is 2.11. The van der Waals surface area contributed by atoms with Gasteiger partial charge in [0, 0.05) is 11.3 Å². The number of rotatable bonds is 1. The maximum Gasteiger partial charge on any atom is 0.334 e. The number of hydrogen-bond acceptors (Lipinski definition) is 4. The predicted molar refractivity (Wildman–Crippen MR) is 51.3 cm³/mol. The van der Waals surface area contributed by atoms with Crippen LogP contribution in [0.5, 0.6) is 0 Å². The van der Waals surface area contributed by atoms with Crippen molar-refractivity contribution in [2.75, 3.05) is 14.1 Å². The number of nitro groups is 1. The van der Waals surface area contributed by atoms with Crippen LogP contribution in [0.2, 0.25) is 0 Å². The third-order valence-corrected chi connectivity index (χ3v) is 2.11. The smallest absolute Gasteiger partial charge is 0.258 e. The summed E-state index contributed by atoms with van der Waals surface area (Å²) in [6, 6.07) is 4.80. The van der Waals surface area contributed by atoms with Crippen molar-refractivity contribution in [2.45, 2.75) is 0 Å². The molecule has 0 fully saturated rings. The summed E-state index contributed by atoms with van der Waals surface area (Å²) in [6.07, 6.45) is 0. The Morgan fingerprint density at radius 3 is 2.79 bits per heavy atom. The van der Waals surface area contributed by atoms with Crippen molar-refractivity contribution < 1.29 is 4.92 Å². The van der Waals surface area contributed by atoms with Gasteiger partial charge in [-0.3, -0.25) is 10.1 Å². The minimum absolute atomic E-state index is 0.0671. The third kappa shape index (κ3) is 1.08. The Kier molecular flexibility index (Phi) is 1.62. The second-order valence-electron chi connectivity index (χ2n) is 3.49. The number of fused-ring (bicyclic) bond motifs is 1. The van der Waals surface area contributed by atoms with E-state index in [0.29, 0.717) is 11.4 Å². The zero-order valence-corrected chi connectivity index (χ0v) is 7.84. The molecule has 1 aromatic carbocycles. The van der Waals surface area contributed by atoms with Crippen molar-refractivity contribution in [1.82, 2.24) is 4.59 Å². The van der Waals surface area contributed by atoms with Crippen LogP contribution in [0.15, 0.2) is 28.5 Å². The molecule has 1 heterocycles. The van der Waals surface area contributed by atoms with E-state index in [1.54, 1.807) is 26.2 Å². The maximum absolute atomic E-state index is 10.8. The van der Waals surface area contributed by atoms with Gasteiger partial charge in [-0.2, -0.15) is 0 Å². The molecule has 0 amide bonds. The van der Waals surface area contributed by atoms with E-state index in [-0.39, 0.29) is 10.3 Å². The molecule has 6 nitrogen and oxygen atoms in total. The van der Waals surface area contributed by atoms with Crippen LogP contribution in [0.25, 0.3) is 0 Å². The first-order chi connectivity index (χ1) is 6.52. The van der Waals surface area contributed by atoms with Gasteiger partial charge in [0.2, 0.25) is 0 Å². The first-order valence-corrected chi connectivity index (χ1v) is 4.07. The Morgan fingerprint density at radius 1 is 1.43 bits per heavy atom. The van der Waals surface area contributed by atoms with Crippen LogP contribution in [-0.4, -0.2) is 19.0 Å². The fourth-order valence-electron chi connectivity index (χ4n) is 1.51. The summed E-state index contributed by atoms with van der Waals surface area (Å²) in [5, 5.41) is 18.6. The highest BCUT2D eigenvalue weighted by atomic mass is 16.6. The monoisotopic (exact) mass is 193 g/mol. The van der Waals surface area contributed by atoms with Crippen LogP contribution in [0.1, 0.15) is 0 Å². The van der Waals surface area contributed by atoms with Crippen LogP contribution < -0.4 is 4.59 Å². The standard InChI is InChI=1S/C8H9N4O2/c1-12(2)8-6(9-10-12)4-3-5-7(8)11(13)14/h3-5H,1-2H3/q+1. The van der Waals surface area contributed by atoms with Crippen molar-refractivity contribution in [3.63, 3.8) is 0 Å². The molecule has 0 N–H and O–H groups in total. The summed E-state index contributed by atoms with van der Waals surface area (Å²) in [4.78, 5) is 10.4. The van der Waals surface area contributed by atoms with Crippen molar-refractivity contribution in [2.24, 2.45) is 10.3 Å². The second-order valence-corrected chi connectivity index (χ2v) is 3.49. The van der Waals surface area contributed by atoms with Gasteiger partial charge in [-0.25, -0.2) is 0 Å². The molecular weight excluding hydrogens is 184 g/mol. The van der Waals surface area contributed by atoms with Gasteiger partial charge in [0.05, 0.1) is 19.0 Å². The van der Waals surface area contributed by atoms with Gasteiger partial charge in [-0.1, -0.05) is 11.2 Å². The zero-order valence-electron chi connectivity index (χ0n) is 7.84. The van der Waals surface area contributed by atoms with Gasteiger partial charge < -0.3 is 0 Å². The van der Waals surface area contributed by atoms with Crippen LogP contribution in [0, 0.1) is 10.1 Å². The van der Waals surface area contributed by atoms with Gasteiger partial charge in [0.25, 0.3) is 5.69 Å². The molecule has 1 aromatic rings. The highest BCUT2D eigenvalue weighted by molar-refractivity contribution is 5.75. The summed E-state index contributed by atoms with van der Waals surface area (Å²) in [5.74, 6) is 0. The Morgan fingerprint density at radius 2 is 2.14 bits per heavy atom. The highest BCUT2D eigenvalue weighted by Crippen LogP contribution is 2.44. The second kappa shape index (κ2) is 2.58. The Hall–Kier alpha value is -1.82. The molecule has 0 saturated carbocycles. The van der Waals surface area contributed by atoms with Crippen LogP contribution >= 0.6 is 0 Å². The van der Waals surface area contributed by atoms with Crippen LogP contribution in [0.3, 0.4) is 0 Å². The zero-order chi connectivity index (χ0) is 10.3. The van der Waals surface area contributed by atoms with Crippen molar-refractivity contribution in [3.8, 4) is 0 Å². The van der Waals surface area contributed by atoms with E-state index in [1.807, 2.05) is 0 Å². The topological polar surface area (TPSA) is 67.9 Å². The van der Waals surface area contributed by atoms with Gasteiger partial charge in [-0.15, -0.1) is 4.59 Å². The Balaban J connectivity index is 2.70. The normalized spacial score (nSPS) is 16.7. The molecule has 0 radical (unpaired) electrons. The lowest BCUT2D eigenvalue weighted by atomic mass is 10.2. The number of hydrogen-bond donors (Lipinski definition) is 0. The molecule has 1 aliphatic rings. The lowest BCUT2D eigenvalue weighted by molar-refractivity contribution is -0.384. The molecule has 6 heteroatoms. The Labute approximate surface area is 80.2 Å². The van der Waals surface area contributed by atoms with E-state index < -0.39 is 4.92 Å². The SMILES string of the molecule is C[N+]1(C)N=Nc2cccc([N+](=O)[O-])c21. The average Bonchev–Trinajstić information content (AvgIpc) is 2.43. The van der Waals surface area contributed by atoms with E-state index >= 15 is 0 Å². The average molecular weight is 193 g/mol. The van der Waals surface area contributed by atoms with E-state index in [9.17, 15) is 10.1 Å². The van der Waals surface area contributed by atoms with E-state index in [0.717, 1.165) is 0 Å². The van der Waals surface area contributed by atoms with Crippen LogP contribution in [0.4, 0.5) is 17.1 Å². The summed E-state index contributed by atoms with van der Waals surface area (Å²) < 4.78 is 0.0759. The minimum atomic E-state index is -0.408. The molecule has 72 valence electrons. The lowest BCUT2D eigenvalue weighted by Gasteiger charge is -2.14. The molecule has 2 rings (SSSR count). The number of para-hydroxylation sites is 1. The van der Waals surface area contributed by atoms with Gasteiger partial charge >= 0.3 is 5.69 Å². The first kappa shape index (κ1) is 8.76. The number of nitro benzene ring substituents is 1. The highest BCUT2D eigenvalue weighted by Gasteiger charge is 2.38. The maximum atomic E-state index is 10.8. The molecular formula is C8H9N4O2+. The molecule has 1 aliphatic heterocycles. The molecule has 0 atom stereocenters. The fraction of sp³-hybridized carbons (Fsp3) is 0.250. The summed E-state index contributed by atoms with van der Waals surface area (Å²) in [5.41, 5.74) is 1.18. The molecule has 0 saturated heterocycles. The molecule has 0 spiro atoms. The van der Waals surface area contributed by atoms with E-state index in [2.05, 4.69) is 10.3 Å².